The van der Waals surface area contributed by atoms with Gasteiger partial charge in [-0.25, -0.2) is 9.97 Å². The van der Waals surface area contributed by atoms with Gasteiger partial charge in [0.15, 0.2) is 5.69 Å². The van der Waals surface area contributed by atoms with Crippen LogP contribution >= 0.6 is 11.3 Å². The summed E-state index contributed by atoms with van der Waals surface area (Å²) in [6.07, 6.45) is 1.73. The van der Waals surface area contributed by atoms with Gasteiger partial charge in [0, 0.05) is 12.2 Å². The van der Waals surface area contributed by atoms with Crippen LogP contribution in [0.3, 0.4) is 0 Å². The Kier molecular flexibility index (Phi) is 5.20. The van der Waals surface area contributed by atoms with Gasteiger partial charge in [0.2, 0.25) is 5.95 Å². The normalized spacial score (nSPS) is 13.4. The molecule has 3 N–H and O–H groups in total. The third-order valence-corrected chi connectivity index (χ3v) is 4.56. The number of hydrogen-bond acceptors (Lipinski definition) is 7. The zero-order valence-electron chi connectivity index (χ0n) is 13.9. The maximum Gasteiger partial charge on any atom is 0.271 e. The van der Waals surface area contributed by atoms with E-state index in [1.54, 1.807) is 13.1 Å². The molecule has 7 nitrogen and oxygen atoms in total. The zero-order valence-corrected chi connectivity index (χ0v) is 14.7. The van der Waals surface area contributed by atoms with Crippen LogP contribution in [0.25, 0.3) is 10.2 Å². The molecule has 0 aliphatic rings. The van der Waals surface area contributed by atoms with Gasteiger partial charge in [-0.2, -0.15) is 0 Å². The van der Waals surface area contributed by atoms with Crippen LogP contribution in [-0.2, 0) is 0 Å². The highest BCUT2D eigenvalue weighted by Crippen LogP contribution is 2.25. The Morgan fingerprint density at radius 2 is 2.12 bits per heavy atom. The van der Waals surface area contributed by atoms with Gasteiger partial charge in [0.1, 0.15) is 0 Å². The predicted molar refractivity (Wildman–Crippen MR) is 97.7 cm³/mol. The number of hydrogen-bond donors (Lipinski definition) is 3. The third kappa shape index (κ3) is 3.92. The van der Waals surface area contributed by atoms with E-state index in [0.29, 0.717) is 17.2 Å². The summed E-state index contributed by atoms with van der Waals surface area (Å²) in [5, 5.41) is 16.9. The Morgan fingerprint density at radius 1 is 1.28 bits per heavy atom. The van der Waals surface area contributed by atoms with Gasteiger partial charge in [0.05, 0.1) is 28.6 Å². The zero-order chi connectivity index (χ0) is 17.8. The molecule has 3 heterocycles. The third-order valence-electron chi connectivity index (χ3n) is 3.65. The number of pyridine rings is 1. The minimum Gasteiger partial charge on any atom is -0.394 e. The lowest BCUT2D eigenvalue weighted by Gasteiger charge is -2.15. The predicted octanol–water partition coefficient (Wildman–Crippen LogP) is 2.37. The molecule has 0 aliphatic heterocycles. The van der Waals surface area contributed by atoms with Gasteiger partial charge in [-0.15, -0.1) is 11.3 Å². The Bertz CT molecular complexity index is 868. The second-order valence-electron chi connectivity index (χ2n) is 5.71. The number of aliphatic hydroxyl groups is 1. The lowest BCUT2D eigenvalue weighted by atomic mass is 10.2. The molecule has 1 amide bonds. The van der Waals surface area contributed by atoms with E-state index in [2.05, 4.69) is 25.6 Å². The first-order valence-corrected chi connectivity index (χ1v) is 8.81. The number of carbonyl (C=O) groups excluding carboxylic acids is 1. The van der Waals surface area contributed by atoms with Gasteiger partial charge in [0.25, 0.3) is 5.91 Å². The van der Waals surface area contributed by atoms with Crippen LogP contribution in [0.4, 0.5) is 5.95 Å². The Morgan fingerprint density at radius 3 is 2.84 bits per heavy atom. The molecule has 0 fully saturated rings. The number of fused-ring (bicyclic) bond motifs is 1. The van der Waals surface area contributed by atoms with Crippen LogP contribution in [0.5, 0.6) is 0 Å². The van der Waals surface area contributed by atoms with Crippen molar-refractivity contribution in [3.63, 3.8) is 0 Å². The number of carbonyl (C=O) groups is 1. The fourth-order valence-corrected chi connectivity index (χ4v) is 3.14. The molecule has 3 aromatic rings. The summed E-state index contributed by atoms with van der Waals surface area (Å²) in [5.41, 5.74) is 1.87. The molecule has 3 rings (SSSR count). The molecule has 8 heteroatoms. The van der Waals surface area contributed by atoms with Crippen molar-refractivity contribution < 1.29 is 9.90 Å². The second-order valence-corrected chi connectivity index (χ2v) is 6.62. The molecule has 0 saturated carbocycles. The molecule has 3 aromatic heterocycles. The van der Waals surface area contributed by atoms with Crippen molar-refractivity contribution in [3.05, 3.63) is 47.2 Å². The quantitative estimate of drug-likeness (QED) is 0.626. The molecule has 2 atom stereocenters. The number of aromatic nitrogens is 3. The maximum absolute atomic E-state index is 12.5. The molecule has 0 aliphatic carbocycles. The maximum atomic E-state index is 12.5. The molecule has 0 aromatic carbocycles. The van der Waals surface area contributed by atoms with Gasteiger partial charge < -0.3 is 15.7 Å². The molecular formula is C17H19N5O2S. The number of nitrogens with zero attached hydrogens (tertiary/aromatic N) is 3. The minimum atomic E-state index is -0.346. The second kappa shape index (κ2) is 7.54. The standard InChI is InChI=1S/C17H19N5O2S/c1-10(9-23)19-16(24)14-15-13(6-8-25-15)21-17(22-14)20-11(2)12-5-3-4-7-18-12/h3-8,10-11,23H,9H2,1-2H3,(H,19,24)(H,20,21,22)/t10-,11?/m0/s1. The summed E-state index contributed by atoms with van der Waals surface area (Å²) in [6, 6.07) is 7.08. The van der Waals surface area contributed by atoms with E-state index in [1.165, 1.54) is 11.3 Å². The van der Waals surface area contributed by atoms with Crippen LogP contribution in [0.1, 0.15) is 36.1 Å². The highest BCUT2D eigenvalue weighted by Gasteiger charge is 2.18. The highest BCUT2D eigenvalue weighted by atomic mass is 32.1. The lowest BCUT2D eigenvalue weighted by molar-refractivity contribution is 0.0919. The fraction of sp³-hybridized carbons (Fsp3) is 0.294. The molecular weight excluding hydrogens is 338 g/mol. The van der Waals surface area contributed by atoms with E-state index < -0.39 is 0 Å². The van der Waals surface area contributed by atoms with Crippen LogP contribution in [0.2, 0.25) is 0 Å². The van der Waals surface area contributed by atoms with Crippen molar-refractivity contribution in [2.45, 2.75) is 25.9 Å². The number of anilines is 1. The molecule has 130 valence electrons. The van der Waals surface area contributed by atoms with Crippen molar-refractivity contribution in [1.29, 1.82) is 0 Å². The SMILES string of the molecule is CC(Nc1nc(C(=O)N[C@@H](C)CO)c2sccc2n1)c1ccccn1. The molecule has 0 saturated heterocycles. The molecule has 1 unspecified atom stereocenters. The van der Waals surface area contributed by atoms with E-state index in [4.69, 9.17) is 5.11 Å². The number of rotatable bonds is 6. The Hall–Kier alpha value is -2.58. The Balaban J connectivity index is 1.90. The number of nitrogens with one attached hydrogen (secondary N) is 2. The van der Waals surface area contributed by atoms with Crippen LogP contribution in [0.15, 0.2) is 35.8 Å². The van der Waals surface area contributed by atoms with E-state index in [1.807, 2.05) is 36.6 Å². The number of aliphatic hydroxyl groups excluding tert-OH is 1. The summed E-state index contributed by atoms with van der Waals surface area (Å²) in [6.45, 7) is 3.55. The molecule has 0 spiro atoms. The van der Waals surface area contributed by atoms with Gasteiger partial charge >= 0.3 is 0 Å². The van der Waals surface area contributed by atoms with Crippen molar-refractivity contribution in [3.8, 4) is 0 Å². The topological polar surface area (TPSA) is 100 Å². The summed E-state index contributed by atoms with van der Waals surface area (Å²) in [5.74, 6) is 0.0378. The fourth-order valence-electron chi connectivity index (χ4n) is 2.32. The smallest absolute Gasteiger partial charge is 0.271 e. The van der Waals surface area contributed by atoms with E-state index in [0.717, 1.165) is 10.4 Å². The van der Waals surface area contributed by atoms with Gasteiger partial charge in [-0.3, -0.25) is 9.78 Å². The van der Waals surface area contributed by atoms with E-state index in [-0.39, 0.29) is 24.6 Å². The Labute approximate surface area is 149 Å². The minimum absolute atomic E-state index is 0.107. The summed E-state index contributed by atoms with van der Waals surface area (Å²) in [7, 11) is 0. The van der Waals surface area contributed by atoms with Crippen molar-refractivity contribution in [2.75, 3.05) is 11.9 Å². The van der Waals surface area contributed by atoms with Gasteiger partial charge in [-0.1, -0.05) is 6.07 Å². The van der Waals surface area contributed by atoms with Crippen LogP contribution in [0, 0.1) is 0 Å². The average molecular weight is 357 g/mol. The summed E-state index contributed by atoms with van der Waals surface area (Å²) >= 11 is 1.41. The highest BCUT2D eigenvalue weighted by molar-refractivity contribution is 7.17. The van der Waals surface area contributed by atoms with Crippen molar-refractivity contribution in [1.82, 2.24) is 20.3 Å². The van der Waals surface area contributed by atoms with Gasteiger partial charge in [-0.05, 0) is 37.4 Å². The first-order chi connectivity index (χ1) is 12.1. The number of thiophene rings is 1. The average Bonchev–Trinajstić information content (AvgIpc) is 3.10. The van der Waals surface area contributed by atoms with Crippen molar-refractivity contribution >= 4 is 33.4 Å². The van der Waals surface area contributed by atoms with E-state index in [9.17, 15) is 4.79 Å². The first-order valence-electron chi connectivity index (χ1n) is 7.93. The van der Waals surface area contributed by atoms with Crippen LogP contribution < -0.4 is 10.6 Å². The van der Waals surface area contributed by atoms with Crippen LogP contribution in [-0.4, -0.2) is 38.6 Å². The molecule has 0 bridgehead atoms. The largest absolute Gasteiger partial charge is 0.394 e. The molecule has 0 radical (unpaired) electrons. The number of amides is 1. The summed E-state index contributed by atoms with van der Waals surface area (Å²) < 4.78 is 0.721. The first kappa shape index (κ1) is 17.2. The molecule has 25 heavy (non-hydrogen) atoms. The lowest BCUT2D eigenvalue weighted by Crippen LogP contribution is -2.35. The van der Waals surface area contributed by atoms with E-state index >= 15 is 0 Å². The summed E-state index contributed by atoms with van der Waals surface area (Å²) in [4.78, 5) is 25.7. The monoisotopic (exact) mass is 357 g/mol. The van der Waals surface area contributed by atoms with Crippen molar-refractivity contribution in [2.24, 2.45) is 0 Å².